The van der Waals surface area contributed by atoms with Crippen LogP contribution in [0.5, 0.6) is 5.75 Å². The molecule has 0 spiro atoms. The molecule has 6 rings (SSSR count). The summed E-state index contributed by atoms with van der Waals surface area (Å²) in [4.78, 5) is 34.1. The number of nitrogens with zero attached hydrogens (tertiary/aromatic N) is 4. The van der Waals surface area contributed by atoms with Crippen LogP contribution < -0.4 is 19.6 Å². The van der Waals surface area contributed by atoms with Gasteiger partial charge >= 0.3 is 5.97 Å². The number of thiazole rings is 1. The third kappa shape index (κ3) is 6.49. The van der Waals surface area contributed by atoms with Crippen LogP contribution >= 0.6 is 23.1 Å². The summed E-state index contributed by atoms with van der Waals surface area (Å²) in [5, 5.41) is 4.97. The Labute approximate surface area is 286 Å². The van der Waals surface area contributed by atoms with Gasteiger partial charge in [0.05, 0.1) is 27.5 Å². The molecule has 3 heterocycles. The van der Waals surface area contributed by atoms with Crippen LogP contribution in [-0.4, -0.2) is 39.8 Å². The summed E-state index contributed by atoms with van der Waals surface area (Å²) in [6, 6.07) is 22.9. The average molecular weight is 675 g/mol. The molecule has 0 amide bonds. The summed E-state index contributed by atoms with van der Waals surface area (Å²) in [5.74, 6) is 0.228. The zero-order chi connectivity index (χ0) is 33.8. The van der Waals surface area contributed by atoms with E-state index in [1.165, 1.54) is 17.4 Å². The maximum Gasteiger partial charge on any atom is 0.338 e. The highest BCUT2D eigenvalue weighted by atomic mass is 32.2. The van der Waals surface area contributed by atoms with Gasteiger partial charge in [-0.25, -0.2) is 14.5 Å². The smallest absolute Gasteiger partial charge is 0.338 e. The number of ether oxygens (including phenoxy) is 2. The first-order valence-electron chi connectivity index (χ1n) is 15.3. The van der Waals surface area contributed by atoms with E-state index in [2.05, 4.69) is 13.2 Å². The molecule has 8 nitrogen and oxygen atoms in total. The molecule has 1 aliphatic heterocycles. The molecule has 10 heteroatoms. The second-order valence-electron chi connectivity index (χ2n) is 11.0. The Balaban J connectivity index is 1.53. The van der Waals surface area contributed by atoms with E-state index in [9.17, 15) is 9.59 Å². The molecule has 2 aromatic heterocycles. The van der Waals surface area contributed by atoms with Gasteiger partial charge in [-0.15, -0.1) is 11.8 Å². The number of carbonyl (C=O) groups excluding carboxylic acids is 1. The minimum atomic E-state index is -0.714. The molecular weight excluding hydrogens is 641 g/mol. The van der Waals surface area contributed by atoms with Gasteiger partial charge in [-0.1, -0.05) is 67.0 Å². The van der Waals surface area contributed by atoms with E-state index in [0.717, 1.165) is 38.6 Å². The average Bonchev–Trinajstić information content (AvgIpc) is 3.66. The van der Waals surface area contributed by atoms with Gasteiger partial charge < -0.3 is 9.47 Å². The number of benzene rings is 3. The number of aryl methyl sites for hydroxylation is 1. The molecule has 1 aliphatic rings. The molecule has 5 aromatic rings. The summed E-state index contributed by atoms with van der Waals surface area (Å²) in [7, 11) is 0. The Morgan fingerprint density at radius 3 is 2.46 bits per heavy atom. The van der Waals surface area contributed by atoms with Crippen LogP contribution in [0, 0.1) is 6.92 Å². The van der Waals surface area contributed by atoms with E-state index in [1.54, 1.807) is 29.3 Å². The van der Waals surface area contributed by atoms with E-state index in [0.29, 0.717) is 32.9 Å². The number of para-hydroxylation sites is 1. The van der Waals surface area contributed by atoms with E-state index >= 15 is 0 Å². The third-order valence-corrected chi connectivity index (χ3v) is 9.59. The lowest BCUT2D eigenvalue weighted by Gasteiger charge is -2.24. The summed E-state index contributed by atoms with van der Waals surface area (Å²) in [6.07, 6.45) is 9.00. The lowest BCUT2D eigenvalue weighted by molar-refractivity contribution is -0.138. The number of hydrogen-bond acceptors (Lipinski definition) is 8. The standard InChI is InChI=1S/C38H34N4O4S2/c1-6-19-45-31-18-15-27(21-24(31)3)34-28(23-41(40-34)29-11-9-8-10-12-29)22-32-36(43)42-35(26-13-16-30(47-5)17-14-26)33(37(44)46-20-7-2)25(4)39-38(42)48-32/h6-18,21-23,35H,1-2,19-20H2,3-5H3. The Bertz CT molecular complexity index is 2230. The van der Waals surface area contributed by atoms with Crippen LogP contribution in [0.1, 0.15) is 29.7 Å². The summed E-state index contributed by atoms with van der Waals surface area (Å²) in [5.41, 5.74) is 5.52. The van der Waals surface area contributed by atoms with Gasteiger partial charge in [0.15, 0.2) is 4.80 Å². The number of allylic oxidation sites excluding steroid dienone is 1. The summed E-state index contributed by atoms with van der Waals surface area (Å²) < 4.78 is 15.2. The molecular formula is C38H34N4O4S2. The van der Waals surface area contributed by atoms with Crippen LogP contribution in [0.4, 0.5) is 0 Å². The number of rotatable bonds is 11. The Hall–Kier alpha value is -5.19. The van der Waals surface area contributed by atoms with Crippen LogP contribution in [-0.2, 0) is 9.53 Å². The predicted octanol–water partition coefficient (Wildman–Crippen LogP) is 6.41. The SMILES string of the molecule is C=CCOC(=O)C1=C(C)N=c2sc(=Cc3cn(-c4ccccc4)nc3-c3ccc(OCC=C)c(C)c3)c(=O)n2C1c1ccc(SC)cc1. The second-order valence-corrected chi connectivity index (χ2v) is 12.9. The van der Waals surface area contributed by atoms with Crippen molar-refractivity contribution in [1.29, 1.82) is 0 Å². The third-order valence-electron chi connectivity index (χ3n) is 7.86. The Morgan fingerprint density at radius 2 is 1.77 bits per heavy atom. The van der Waals surface area contributed by atoms with Gasteiger partial charge in [0.2, 0.25) is 0 Å². The van der Waals surface area contributed by atoms with Gasteiger partial charge in [-0.05, 0) is 79.8 Å². The minimum Gasteiger partial charge on any atom is -0.489 e. The first-order chi connectivity index (χ1) is 23.3. The van der Waals surface area contributed by atoms with Crippen molar-refractivity contribution in [3.05, 3.63) is 152 Å². The molecule has 0 radical (unpaired) electrons. The first-order valence-corrected chi connectivity index (χ1v) is 17.3. The van der Waals surface area contributed by atoms with Crippen LogP contribution in [0.2, 0.25) is 0 Å². The van der Waals surface area contributed by atoms with Crippen molar-refractivity contribution in [2.45, 2.75) is 24.8 Å². The highest BCUT2D eigenvalue weighted by Crippen LogP contribution is 2.32. The Kier molecular flexibility index (Phi) is 9.75. The van der Waals surface area contributed by atoms with Crippen LogP contribution in [0.15, 0.2) is 130 Å². The number of aromatic nitrogens is 3. The maximum atomic E-state index is 14.4. The molecule has 0 bridgehead atoms. The van der Waals surface area contributed by atoms with Gasteiger partial charge in [0.1, 0.15) is 24.7 Å². The minimum absolute atomic E-state index is 0.0488. The second kappa shape index (κ2) is 14.3. The van der Waals surface area contributed by atoms with Gasteiger partial charge in [0, 0.05) is 22.2 Å². The molecule has 0 fully saturated rings. The lowest BCUT2D eigenvalue weighted by Crippen LogP contribution is -2.39. The van der Waals surface area contributed by atoms with Crippen molar-refractivity contribution in [2.24, 2.45) is 4.99 Å². The Morgan fingerprint density at radius 1 is 1.02 bits per heavy atom. The van der Waals surface area contributed by atoms with Gasteiger partial charge in [-0.3, -0.25) is 9.36 Å². The fraction of sp³-hybridized carbons (Fsp3) is 0.158. The molecule has 0 aliphatic carbocycles. The van der Waals surface area contributed by atoms with E-state index in [-0.39, 0.29) is 12.2 Å². The van der Waals surface area contributed by atoms with E-state index in [1.807, 2.05) is 103 Å². The molecule has 0 saturated carbocycles. The zero-order valence-corrected chi connectivity index (χ0v) is 28.5. The summed E-state index contributed by atoms with van der Waals surface area (Å²) in [6.45, 7) is 11.6. The monoisotopic (exact) mass is 674 g/mol. The molecule has 0 N–H and O–H groups in total. The van der Waals surface area contributed by atoms with Crippen molar-refractivity contribution in [3.63, 3.8) is 0 Å². The van der Waals surface area contributed by atoms with Crippen molar-refractivity contribution in [3.8, 4) is 22.7 Å². The zero-order valence-electron chi connectivity index (χ0n) is 26.9. The normalized spacial score (nSPS) is 14.3. The first kappa shape index (κ1) is 32.7. The topological polar surface area (TPSA) is 87.7 Å². The predicted molar refractivity (Wildman–Crippen MR) is 193 cm³/mol. The quantitative estimate of drug-likeness (QED) is 0.0915. The van der Waals surface area contributed by atoms with Crippen molar-refractivity contribution >= 4 is 35.1 Å². The van der Waals surface area contributed by atoms with Crippen molar-refractivity contribution < 1.29 is 14.3 Å². The fourth-order valence-electron chi connectivity index (χ4n) is 5.58. The number of thioether (sulfide) groups is 1. The number of carbonyl (C=O) groups is 1. The van der Waals surface area contributed by atoms with Gasteiger partial charge in [-0.2, -0.15) is 5.10 Å². The van der Waals surface area contributed by atoms with Crippen LogP contribution in [0.3, 0.4) is 0 Å². The van der Waals surface area contributed by atoms with Crippen LogP contribution in [0.25, 0.3) is 23.0 Å². The fourth-order valence-corrected chi connectivity index (χ4v) is 7.02. The number of fused-ring (bicyclic) bond motifs is 1. The molecule has 1 unspecified atom stereocenters. The molecule has 1 atom stereocenters. The summed E-state index contributed by atoms with van der Waals surface area (Å²) >= 11 is 2.90. The van der Waals surface area contributed by atoms with Crippen molar-refractivity contribution in [1.82, 2.24) is 14.3 Å². The maximum absolute atomic E-state index is 14.4. The molecule has 242 valence electrons. The van der Waals surface area contributed by atoms with Gasteiger partial charge in [0.25, 0.3) is 5.56 Å². The lowest BCUT2D eigenvalue weighted by atomic mass is 9.96. The van der Waals surface area contributed by atoms with E-state index in [4.69, 9.17) is 19.6 Å². The highest BCUT2D eigenvalue weighted by molar-refractivity contribution is 7.98. The van der Waals surface area contributed by atoms with Crippen molar-refractivity contribution in [2.75, 3.05) is 19.5 Å². The van der Waals surface area contributed by atoms with E-state index < -0.39 is 12.0 Å². The molecule has 3 aromatic carbocycles. The number of esters is 1. The molecule has 48 heavy (non-hydrogen) atoms. The molecule has 0 saturated heterocycles. The largest absolute Gasteiger partial charge is 0.489 e. The number of hydrogen-bond donors (Lipinski definition) is 0. The highest BCUT2D eigenvalue weighted by Gasteiger charge is 2.33.